The highest BCUT2D eigenvalue weighted by atomic mass is 16.5. The fourth-order valence-electron chi connectivity index (χ4n) is 0.781. The zero-order chi connectivity index (χ0) is 8.85. The van der Waals surface area contributed by atoms with Gasteiger partial charge in [0.1, 0.15) is 6.61 Å². The molecule has 0 saturated carbocycles. The second kappa shape index (κ2) is 4.96. The normalized spacial score (nSPS) is 13.1. The van der Waals surface area contributed by atoms with Gasteiger partial charge >= 0.3 is 6.09 Å². The molecule has 0 aliphatic rings. The van der Waals surface area contributed by atoms with E-state index in [1.807, 2.05) is 20.9 Å². The summed E-state index contributed by atoms with van der Waals surface area (Å²) >= 11 is 0. The van der Waals surface area contributed by atoms with Crippen LogP contribution < -0.4 is 11.1 Å². The van der Waals surface area contributed by atoms with E-state index in [2.05, 4.69) is 10.1 Å². The molecule has 0 rings (SSSR count). The monoisotopic (exact) mass is 160 g/mol. The van der Waals surface area contributed by atoms with Gasteiger partial charge in [-0.05, 0) is 13.0 Å². The lowest BCUT2D eigenvalue weighted by atomic mass is 10.1. The number of ether oxygens (including phenoxy) is 1. The van der Waals surface area contributed by atoms with Crippen LogP contribution in [0.1, 0.15) is 13.8 Å². The Hall–Kier alpha value is -0.770. The first-order valence-corrected chi connectivity index (χ1v) is 3.67. The van der Waals surface area contributed by atoms with Gasteiger partial charge in [0.25, 0.3) is 0 Å². The van der Waals surface area contributed by atoms with Gasteiger partial charge in [-0.3, -0.25) is 0 Å². The Morgan fingerprint density at radius 2 is 2.18 bits per heavy atom. The Balaban J connectivity index is 3.61. The molecule has 1 amide bonds. The predicted octanol–water partition coefficient (Wildman–Crippen LogP) is 0.326. The number of hydrogen-bond acceptors (Lipinski definition) is 3. The minimum atomic E-state index is -0.717. The SMILES string of the molecule is CNC(COC(N)=O)C(C)C. The van der Waals surface area contributed by atoms with Crippen LogP contribution in [0.25, 0.3) is 0 Å². The quantitative estimate of drug-likeness (QED) is 0.622. The van der Waals surface area contributed by atoms with Crippen molar-refractivity contribution in [3.05, 3.63) is 0 Å². The molecule has 0 fully saturated rings. The van der Waals surface area contributed by atoms with Gasteiger partial charge in [-0.25, -0.2) is 4.79 Å². The second-order valence-electron chi connectivity index (χ2n) is 2.77. The lowest BCUT2D eigenvalue weighted by Gasteiger charge is -2.18. The van der Waals surface area contributed by atoms with Crippen molar-refractivity contribution >= 4 is 6.09 Å². The van der Waals surface area contributed by atoms with Crippen LogP contribution in [0.4, 0.5) is 4.79 Å². The first-order chi connectivity index (χ1) is 5.07. The molecule has 1 unspecified atom stereocenters. The van der Waals surface area contributed by atoms with Gasteiger partial charge in [0.15, 0.2) is 0 Å². The molecule has 0 aliphatic carbocycles. The predicted molar refractivity (Wildman–Crippen MR) is 43.2 cm³/mol. The molecule has 66 valence electrons. The molecule has 0 bridgehead atoms. The first-order valence-electron chi connectivity index (χ1n) is 3.67. The van der Waals surface area contributed by atoms with E-state index in [4.69, 9.17) is 5.73 Å². The summed E-state index contributed by atoms with van der Waals surface area (Å²) in [5.74, 6) is 0.430. The first kappa shape index (κ1) is 10.2. The fraction of sp³-hybridized carbons (Fsp3) is 0.857. The standard InChI is InChI=1S/C7H16N2O2/c1-5(2)6(9-3)4-11-7(8)10/h5-6,9H,4H2,1-3H3,(H2,8,10). The van der Waals surface area contributed by atoms with Crippen LogP contribution in [0.2, 0.25) is 0 Å². The van der Waals surface area contributed by atoms with Crippen molar-refractivity contribution in [2.75, 3.05) is 13.7 Å². The van der Waals surface area contributed by atoms with E-state index in [1.54, 1.807) is 0 Å². The van der Waals surface area contributed by atoms with Gasteiger partial charge in [0, 0.05) is 6.04 Å². The highest BCUT2D eigenvalue weighted by Gasteiger charge is 2.11. The summed E-state index contributed by atoms with van der Waals surface area (Å²) in [7, 11) is 1.83. The van der Waals surface area contributed by atoms with Crippen LogP contribution in [0.5, 0.6) is 0 Å². The number of nitrogens with one attached hydrogen (secondary N) is 1. The largest absolute Gasteiger partial charge is 0.448 e. The maximum Gasteiger partial charge on any atom is 0.404 e. The molecule has 0 radical (unpaired) electrons. The lowest BCUT2D eigenvalue weighted by Crippen LogP contribution is -2.36. The van der Waals surface area contributed by atoms with Crippen LogP contribution >= 0.6 is 0 Å². The van der Waals surface area contributed by atoms with Crippen molar-refractivity contribution < 1.29 is 9.53 Å². The smallest absolute Gasteiger partial charge is 0.404 e. The number of rotatable bonds is 4. The van der Waals surface area contributed by atoms with Crippen molar-refractivity contribution in [3.8, 4) is 0 Å². The number of amides is 1. The number of hydrogen-bond donors (Lipinski definition) is 2. The number of primary amides is 1. The summed E-state index contributed by atoms with van der Waals surface area (Å²) in [4.78, 5) is 10.2. The van der Waals surface area contributed by atoms with Crippen molar-refractivity contribution in [2.45, 2.75) is 19.9 Å². The molecule has 0 aromatic rings. The van der Waals surface area contributed by atoms with Crippen molar-refractivity contribution in [1.29, 1.82) is 0 Å². The number of carbonyl (C=O) groups is 1. The van der Waals surface area contributed by atoms with Gasteiger partial charge in [0.2, 0.25) is 0 Å². The fourth-order valence-corrected chi connectivity index (χ4v) is 0.781. The van der Waals surface area contributed by atoms with E-state index in [-0.39, 0.29) is 6.04 Å². The van der Waals surface area contributed by atoms with Crippen molar-refractivity contribution in [3.63, 3.8) is 0 Å². The number of likely N-dealkylation sites (N-methyl/N-ethyl adjacent to an activating group) is 1. The molecule has 0 heterocycles. The van der Waals surface area contributed by atoms with Crippen molar-refractivity contribution in [2.24, 2.45) is 11.7 Å². The molecule has 4 nitrogen and oxygen atoms in total. The Kier molecular flexibility index (Phi) is 4.61. The van der Waals surface area contributed by atoms with Gasteiger partial charge < -0.3 is 15.8 Å². The van der Waals surface area contributed by atoms with E-state index in [0.29, 0.717) is 12.5 Å². The molecule has 0 saturated heterocycles. The van der Waals surface area contributed by atoms with E-state index in [0.717, 1.165) is 0 Å². The van der Waals surface area contributed by atoms with Crippen molar-refractivity contribution in [1.82, 2.24) is 5.32 Å². The molecule has 0 aliphatic heterocycles. The van der Waals surface area contributed by atoms with Gasteiger partial charge in [-0.1, -0.05) is 13.8 Å². The molecule has 11 heavy (non-hydrogen) atoms. The summed E-state index contributed by atoms with van der Waals surface area (Å²) in [6.45, 7) is 4.43. The summed E-state index contributed by atoms with van der Waals surface area (Å²) in [5.41, 5.74) is 4.81. The minimum Gasteiger partial charge on any atom is -0.448 e. The Bertz CT molecular complexity index is 126. The van der Waals surface area contributed by atoms with Gasteiger partial charge in [-0.15, -0.1) is 0 Å². The Morgan fingerprint density at radius 1 is 1.64 bits per heavy atom. The van der Waals surface area contributed by atoms with Crippen LogP contribution in [0.3, 0.4) is 0 Å². The zero-order valence-corrected chi connectivity index (χ0v) is 7.26. The maximum absolute atomic E-state index is 10.2. The van der Waals surface area contributed by atoms with E-state index >= 15 is 0 Å². The minimum absolute atomic E-state index is 0.183. The highest BCUT2D eigenvalue weighted by Crippen LogP contribution is 2.00. The molecule has 0 aromatic heterocycles. The van der Waals surface area contributed by atoms with E-state index in [1.165, 1.54) is 0 Å². The summed E-state index contributed by atoms with van der Waals surface area (Å²) in [6.07, 6.45) is -0.717. The topological polar surface area (TPSA) is 64.3 Å². The number of nitrogens with two attached hydrogens (primary N) is 1. The van der Waals surface area contributed by atoms with Gasteiger partial charge in [-0.2, -0.15) is 0 Å². The van der Waals surface area contributed by atoms with E-state index in [9.17, 15) is 4.79 Å². The molecule has 4 heteroatoms. The third kappa shape index (κ3) is 4.61. The van der Waals surface area contributed by atoms with Gasteiger partial charge in [0.05, 0.1) is 0 Å². The van der Waals surface area contributed by atoms with Crippen LogP contribution in [-0.4, -0.2) is 25.8 Å². The summed E-state index contributed by atoms with van der Waals surface area (Å²) < 4.78 is 4.63. The molecule has 3 N–H and O–H groups in total. The zero-order valence-electron chi connectivity index (χ0n) is 7.26. The number of carbonyl (C=O) groups excluding carboxylic acids is 1. The Labute approximate surface area is 67.1 Å². The third-order valence-corrected chi connectivity index (χ3v) is 1.58. The molecular weight excluding hydrogens is 144 g/mol. The molecule has 1 atom stereocenters. The average molecular weight is 160 g/mol. The molecular formula is C7H16N2O2. The van der Waals surface area contributed by atoms with E-state index < -0.39 is 6.09 Å². The second-order valence-corrected chi connectivity index (χ2v) is 2.77. The summed E-state index contributed by atoms with van der Waals surface area (Å²) in [6, 6.07) is 0.183. The Morgan fingerprint density at radius 3 is 2.45 bits per heavy atom. The maximum atomic E-state index is 10.2. The van der Waals surface area contributed by atoms with Crippen LogP contribution in [0.15, 0.2) is 0 Å². The van der Waals surface area contributed by atoms with Crippen LogP contribution in [0, 0.1) is 5.92 Å². The summed E-state index contributed by atoms with van der Waals surface area (Å²) in [5, 5.41) is 3.02. The average Bonchev–Trinajstić information content (AvgIpc) is 1.87. The molecule has 0 aromatic carbocycles. The van der Waals surface area contributed by atoms with Crippen LogP contribution in [-0.2, 0) is 4.74 Å². The lowest BCUT2D eigenvalue weighted by molar-refractivity contribution is 0.136. The molecule has 0 spiro atoms. The third-order valence-electron chi connectivity index (χ3n) is 1.58. The highest BCUT2D eigenvalue weighted by molar-refractivity contribution is 5.64.